The maximum atomic E-state index is 11.3. The van der Waals surface area contributed by atoms with E-state index in [-0.39, 0.29) is 23.8 Å². The average molecular weight is 230 g/mol. The van der Waals surface area contributed by atoms with Crippen molar-refractivity contribution >= 4 is 11.9 Å². The van der Waals surface area contributed by atoms with E-state index in [9.17, 15) is 9.59 Å². The summed E-state index contributed by atoms with van der Waals surface area (Å²) in [6, 6.07) is 0.0215. The van der Waals surface area contributed by atoms with Gasteiger partial charge in [-0.25, -0.2) is 0 Å². The van der Waals surface area contributed by atoms with Crippen molar-refractivity contribution in [3.63, 3.8) is 0 Å². The predicted molar refractivity (Wildman–Crippen MR) is 61.7 cm³/mol. The van der Waals surface area contributed by atoms with E-state index in [2.05, 4.69) is 5.32 Å². The van der Waals surface area contributed by atoms with Gasteiger partial charge in [0.2, 0.25) is 5.91 Å². The molecule has 2 atom stereocenters. The number of rotatable bonds is 7. The lowest BCUT2D eigenvalue weighted by molar-refractivity contribution is -0.147. The van der Waals surface area contributed by atoms with Gasteiger partial charge >= 0.3 is 5.97 Å². The van der Waals surface area contributed by atoms with Crippen molar-refractivity contribution in [3.8, 4) is 0 Å². The number of nitrogens with one attached hydrogen (secondary N) is 1. The van der Waals surface area contributed by atoms with Gasteiger partial charge in [0, 0.05) is 19.0 Å². The van der Waals surface area contributed by atoms with Gasteiger partial charge in [0.25, 0.3) is 0 Å². The molecule has 0 aromatic rings. The van der Waals surface area contributed by atoms with Crippen molar-refractivity contribution in [2.45, 2.75) is 39.7 Å². The van der Waals surface area contributed by atoms with Gasteiger partial charge in [-0.05, 0) is 20.3 Å². The first kappa shape index (κ1) is 14.9. The third-order valence-electron chi connectivity index (χ3n) is 2.12. The Balaban J connectivity index is 3.70. The molecule has 0 saturated carbocycles. The Labute approximate surface area is 96.7 Å². The molecule has 0 aliphatic rings. The van der Waals surface area contributed by atoms with E-state index in [1.807, 2.05) is 6.92 Å². The third-order valence-corrected chi connectivity index (χ3v) is 2.12. The highest BCUT2D eigenvalue weighted by Crippen LogP contribution is 1.98. The van der Waals surface area contributed by atoms with Crippen LogP contribution in [0.5, 0.6) is 0 Å². The van der Waals surface area contributed by atoms with Crippen molar-refractivity contribution in [1.82, 2.24) is 5.32 Å². The van der Waals surface area contributed by atoms with Gasteiger partial charge < -0.3 is 15.8 Å². The number of amides is 1. The number of ether oxygens (including phenoxy) is 1. The van der Waals surface area contributed by atoms with Gasteiger partial charge in [-0.3, -0.25) is 9.59 Å². The number of carbonyl (C=O) groups is 2. The number of carbonyl (C=O) groups excluding carboxylic acids is 2. The minimum atomic E-state index is -0.306. The molecule has 0 radical (unpaired) electrons. The Morgan fingerprint density at radius 2 is 2.00 bits per heavy atom. The maximum Gasteiger partial charge on any atom is 0.310 e. The number of nitrogens with two attached hydrogens (primary N) is 1. The molecule has 0 aliphatic heterocycles. The first-order chi connectivity index (χ1) is 7.47. The summed E-state index contributed by atoms with van der Waals surface area (Å²) >= 11 is 0. The SMILES string of the molecule is CCOC(=O)C(C)CNC(=O)CCC(C)N. The average Bonchev–Trinajstić information content (AvgIpc) is 2.23. The quantitative estimate of drug-likeness (QED) is 0.621. The lowest BCUT2D eigenvalue weighted by Gasteiger charge is -2.12. The molecule has 3 N–H and O–H groups in total. The first-order valence-corrected chi connectivity index (χ1v) is 5.66. The van der Waals surface area contributed by atoms with Crippen LogP contribution in [0.2, 0.25) is 0 Å². The summed E-state index contributed by atoms with van der Waals surface area (Å²) in [5, 5.41) is 2.68. The maximum absolute atomic E-state index is 11.3. The fourth-order valence-corrected chi connectivity index (χ4v) is 1.08. The van der Waals surface area contributed by atoms with Crippen LogP contribution in [0.3, 0.4) is 0 Å². The zero-order valence-electron chi connectivity index (χ0n) is 10.3. The summed E-state index contributed by atoms with van der Waals surface area (Å²) in [4.78, 5) is 22.5. The molecule has 16 heavy (non-hydrogen) atoms. The van der Waals surface area contributed by atoms with Crippen molar-refractivity contribution in [1.29, 1.82) is 0 Å². The summed E-state index contributed by atoms with van der Waals surface area (Å²) in [6.45, 7) is 6.02. The van der Waals surface area contributed by atoms with Gasteiger partial charge in [-0.1, -0.05) is 6.92 Å². The Kier molecular flexibility index (Phi) is 7.54. The number of hydrogen-bond acceptors (Lipinski definition) is 4. The Bertz CT molecular complexity index is 229. The molecule has 5 heteroatoms. The molecule has 0 saturated heterocycles. The Morgan fingerprint density at radius 1 is 1.38 bits per heavy atom. The van der Waals surface area contributed by atoms with Crippen LogP contribution < -0.4 is 11.1 Å². The topological polar surface area (TPSA) is 81.4 Å². The summed E-state index contributed by atoms with van der Waals surface area (Å²) in [7, 11) is 0. The smallest absolute Gasteiger partial charge is 0.310 e. The molecule has 0 spiro atoms. The predicted octanol–water partition coefficient (Wildman–Crippen LogP) is 0.429. The van der Waals surface area contributed by atoms with Crippen LogP contribution in [0, 0.1) is 5.92 Å². The van der Waals surface area contributed by atoms with Gasteiger partial charge in [-0.15, -0.1) is 0 Å². The van der Waals surface area contributed by atoms with Gasteiger partial charge in [0.1, 0.15) is 0 Å². The monoisotopic (exact) mass is 230 g/mol. The van der Waals surface area contributed by atoms with Gasteiger partial charge in [0.05, 0.1) is 12.5 Å². The Hall–Kier alpha value is -1.10. The largest absolute Gasteiger partial charge is 0.466 e. The standard InChI is InChI=1S/C11H22N2O3/c1-4-16-11(15)8(2)7-13-10(14)6-5-9(3)12/h8-9H,4-7,12H2,1-3H3,(H,13,14). The molecule has 0 aliphatic carbocycles. The van der Waals surface area contributed by atoms with Gasteiger partial charge in [-0.2, -0.15) is 0 Å². The van der Waals surface area contributed by atoms with E-state index < -0.39 is 0 Å². The highest BCUT2D eigenvalue weighted by Gasteiger charge is 2.14. The van der Waals surface area contributed by atoms with Crippen LogP contribution >= 0.6 is 0 Å². The van der Waals surface area contributed by atoms with Crippen LogP contribution in [-0.2, 0) is 14.3 Å². The van der Waals surface area contributed by atoms with Crippen molar-refractivity contribution in [3.05, 3.63) is 0 Å². The van der Waals surface area contributed by atoms with Crippen LogP contribution in [0.1, 0.15) is 33.6 Å². The van der Waals surface area contributed by atoms with E-state index in [0.717, 1.165) is 0 Å². The molecule has 0 aromatic heterocycles. The highest BCUT2D eigenvalue weighted by molar-refractivity contribution is 5.77. The molecular weight excluding hydrogens is 208 g/mol. The molecule has 0 fully saturated rings. The van der Waals surface area contributed by atoms with Crippen LogP contribution in [-0.4, -0.2) is 31.1 Å². The highest BCUT2D eigenvalue weighted by atomic mass is 16.5. The van der Waals surface area contributed by atoms with Crippen molar-refractivity contribution in [2.75, 3.05) is 13.2 Å². The molecule has 0 heterocycles. The molecular formula is C11H22N2O3. The fraction of sp³-hybridized carbons (Fsp3) is 0.818. The van der Waals surface area contributed by atoms with Crippen molar-refractivity contribution in [2.24, 2.45) is 11.7 Å². The van der Waals surface area contributed by atoms with Crippen LogP contribution in [0.25, 0.3) is 0 Å². The zero-order chi connectivity index (χ0) is 12.6. The van der Waals surface area contributed by atoms with Crippen molar-refractivity contribution < 1.29 is 14.3 Å². The Morgan fingerprint density at radius 3 is 2.50 bits per heavy atom. The first-order valence-electron chi connectivity index (χ1n) is 5.66. The molecule has 5 nitrogen and oxygen atoms in total. The summed E-state index contributed by atoms with van der Waals surface area (Å²) in [5.41, 5.74) is 5.53. The molecule has 0 bridgehead atoms. The lowest BCUT2D eigenvalue weighted by atomic mass is 10.1. The van der Waals surface area contributed by atoms with E-state index in [4.69, 9.17) is 10.5 Å². The zero-order valence-corrected chi connectivity index (χ0v) is 10.3. The molecule has 0 aromatic carbocycles. The molecule has 1 amide bonds. The second-order valence-corrected chi connectivity index (χ2v) is 3.97. The van der Waals surface area contributed by atoms with E-state index >= 15 is 0 Å². The molecule has 0 rings (SSSR count). The summed E-state index contributed by atoms with van der Waals surface area (Å²) in [6.07, 6.45) is 1.05. The minimum absolute atomic E-state index is 0.0215. The third kappa shape index (κ3) is 7.23. The normalized spacial score (nSPS) is 14.0. The fourth-order valence-electron chi connectivity index (χ4n) is 1.08. The van der Waals surface area contributed by atoms with Gasteiger partial charge in [0.15, 0.2) is 0 Å². The lowest BCUT2D eigenvalue weighted by Crippen LogP contribution is -2.33. The second kappa shape index (κ2) is 8.10. The van der Waals surface area contributed by atoms with Crippen LogP contribution in [0.15, 0.2) is 0 Å². The van der Waals surface area contributed by atoms with E-state index in [0.29, 0.717) is 26.0 Å². The number of esters is 1. The minimum Gasteiger partial charge on any atom is -0.466 e. The van der Waals surface area contributed by atoms with E-state index in [1.54, 1.807) is 13.8 Å². The van der Waals surface area contributed by atoms with Crippen LogP contribution in [0.4, 0.5) is 0 Å². The number of hydrogen-bond donors (Lipinski definition) is 2. The molecule has 2 unspecified atom stereocenters. The van der Waals surface area contributed by atoms with E-state index in [1.165, 1.54) is 0 Å². The molecule has 94 valence electrons. The summed E-state index contributed by atoms with van der Waals surface area (Å²) < 4.78 is 4.82. The second-order valence-electron chi connectivity index (χ2n) is 3.97. The summed E-state index contributed by atoms with van der Waals surface area (Å²) in [5.74, 6) is -0.664.